The zero-order valence-electron chi connectivity index (χ0n) is 52.0. The molecule has 0 aromatic heterocycles. The van der Waals surface area contributed by atoms with Crippen LogP contribution in [0.25, 0.3) is 0 Å². The molecule has 0 radical (unpaired) electrons. The Balaban J connectivity index is 1.01. The molecule has 16 heteroatoms. The number of aliphatic hydroxyl groups is 1. The lowest BCUT2D eigenvalue weighted by atomic mass is 9.94. The lowest BCUT2D eigenvalue weighted by molar-refractivity contribution is -0.395. The van der Waals surface area contributed by atoms with Crippen LogP contribution in [0.2, 0.25) is 0 Å². The molecule has 0 aliphatic carbocycles. The minimum absolute atomic E-state index is 0.00100. The number of benzene rings is 8. The first-order valence-corrected chi connectivity index (χ1v) is 31.7. The molecule has 11 rings (SSSR count). The third kappa shape index (κ3) is 18.9. The summed E-state index contributed by atoms with van der Waals surface area (Å²) in [4.78, 5) is 13.3. The fraction of sp³-hybridized carbons (Fsp3) is 0.355. The van der Waals surface area contributed by atoms with Crippen LogP contribution >= 0.6 is 0 Å². The third-order valence-electron chi connectivity index (χ3n) is 16.4. The van der Waals surface area contributed by atoms with Crippen molar-refractivity contribution in [1.82, 2.24) is 5.32 Å². The molecule has 3 saturated heterocycles. The lowest BCUT2D eigenvalue weighted by Gasteiger charge is -2.51. The highest BCUT2D eigenvalue weighted by Crippen LogP contribution is 2.39. The monoisotopic (exact) mass is 1250 g/mol. The van der Waals surface area contributed by atoms with E-state index in [-0.39, 0.29) is 66.1 Å². The van der Waals surface area contributed by atoms with E-state index in [0.717, 1.165) is 44.5 Å². The summed E-state index contributed by atoms with van der Waals surface area (Å²) < 4.78 is 91.6. The van der Waals surface area contributed by atoms with Crippen molar-refractivity contribution in [3.8, 4) is 0 Å². The first-order chi connectivity index (χ1) is 45.3. The summed E-state index contributed by atoms with van der Waals surface area (Å²) in [6.07, 6.45) is -15.0. The smallest absolute Gasteiger partial charge is 0.217 e. The van der Waals surface area contributed by atoms with Crippen molar-refractivity contribution in [3.05, 3.63) is 287 Å². The van der Waals surface area contributed by atoms with Gasteiger partial charge in [-0.2, -0.15) is 0 Å². The summed E-state index contributed by atoms with van der Waals surface area (Å²) in [5.74, 6) is -0.428. The first kappa shape index (κ1) is 66.1. The fourth-order valence-corrected chi connectivity index (χ4v) is 11.7. The molecule has 0 saturated carbocycles. The molecule has 8 aromatic rings. The number of carbonyl (C=O) groups excluding carboxylic acids is 1. The highest BCUT2D eigenvalue weighted by atomic mass is 16.8. The van der Waals surface area contributed by atoms with Gasteiger partial charge in [-0.25, -0.2) is 0 Å². The van der Waals surface area contributed by atoms with Crippen molar-refractivity contribution in [3.63, 3.8) is 0 Å². The van der Waals surface area contributed by atoms with Crippen LogP contribution in [0.3, 0.4) is 0 Å². The molecule has 15 unspecified atom stereocenters. The summed E-state index contributed by atoms with van der Waals surface area (Å²) in [6.45, 7) is 4.66. The van der Waals surface area contributed by atoms with Crippen molar-refractivity contribution in [1.29, 1.82) is 0 Å². The molecule has 8 aromatic carbocycles. The summed E-state index contributed by atoms with van der Waals surface area (Å²) in [7, 11) is 0. The Morgan fingerprint density at radius 2 is 0.641 bits per heavy atom. The van der Waals surface area contributed by atoms with E-state index in [4.69, 9.17) is 61.6 Å². The van der Waals surface area contributed by atoms with Crippen molar-refractivity contribution < 1.29 is 71.5 Å². The number of hydrogen-bond acceptors (Lipinski definition) is 15. The second kappa shape index (κ2) is 34.5. The Bertz CT molecular complexity index is 3350. The van der Waals surface area contributed by atoms with Crippen LogP contribution in [0.1, 0.15) is 58.4 Å². The van der Waals surface area contributed by atoms with Crippen molar-refractivity contribution in [2.75, 3.05) is 13.2 Å². The molecule has 16 nitrogen and oxygen atoms in total. The molecular formula is C76H83NO15. The number of rotatable bonds is 31. The Hall–Kier alpha value is -7.33. The van der Waals surface area contributed by atoms with E-state index in [1.54, 1.807) is 0 Å². The van der Waals surface area contributed by atoms with Gasteiger partial charge < -0.3 is 72.0 Å². The molecule has 482 valence electrons. The van der Waals surface area contributed by atoms with Gasteiger partial charge in [0.15, 0.2) is 18.9 Å². The van der Waals surface area contributed by atoms with Crippen molar-refractivity contribution >= 4 is 5.91 Å². The van der Waals surface area contributed by atoms with E-state index < -0.39 is 98.0 Å². The van der Waals surface area contributed by atoms with Crippen LogP contribution in [-0.4, -0.2) is 116 Å². The quantitative estimate of drug-likeness (QED) is 0.0421. The van der Waals surface area contributed by atoms with Gasteiger partial charge in [0.2, 0.25) is 5.91 Å². The van der Waals surface area contributed by atoms with Gasteiger partial charge in [-0.15, -0.1) is 0 Å². The van der Waals surface area contributed by atoms with Gasteiger partial charge in [0.05, 0.1) is 72.2 Å². The van der Waals surface area contributed by atoms with Crippen molar-refractivity contribution in [2.24, 2.45) is 0 Å². The van der Waals surface area contributed by atoms with E-state index in [0.29, 0.717) is 0 Å². The van der Waals surface area contributed by atoms with Gasteiger partial charge in [-0.1, -0.05) is 243 Å². The van der Waals surface area contributed by atoms with Crippen LogP contribution in [0.15, 0.2) is 243 Å². The van der Waals surface area contributed by atoms with Gasteiger partial charge >= 0.3 is 0 Å². The summed E-state index contributed by atoms with van der Waals surface area (Å²) >= 11 is 0. The topological polar surface area (TPSA) is 169 Å². The minimum Gasteiger partial charge on any atom is -0.388 e. The summed E-state index contributed by atoms with van der Waals surface area (Å²) in [6, 6.07) is 77.5. The standard InChI is InChI=1S/C76H83NO15/c1-53-67(82-45-57-31-15-5-16-32-57)70(84-47-59-35-19-7-20-36-59)72(86-49-61-39-23-9-24-40-61)75(88-53)92-73-71(85-48-60-37-21-8-22-38-60)69(83-46-58-33-17-6-18-34-58)64(52-81-44-56-29-13-4-14-30-56)90-76(73)91-68-63(51-80-43-55-27-11-3-12-28-55)89-74(65(66(68)79)77-54(2)78)87-50-62-41-25-10-26-42-62/h3-42,53,63-76,79H,43-52H2,1-2H3,(H,77,78). The molecule has 3 heterocycles. The predicted molar refractivity (Wildman–Crippen MR) is 344 cm³/mol. The van der Waals surface area contributed by atoms with E-state index >= 15 is 0 Å². The number of hydrogen-bond donors (Lipinski definition) is 2. The Kier molecular flexibility index (Phi) is 24.8. The van der Waals surface area contributed by atoms with E-state index in [1.165, 1.54) is 6.92 Å². The molecule has 92 heavy (non-hydrogen) atoms. The van der Waals surface area contributed by atoms with Gasteiger partial charge in [-0.3, -0.25) is 4.79 Å². The second-order valence-corrected chi connectivity index (χ2v) is 23.3. The van der Waals surface area contributed by atoms with Crippen LogP contribution in [-0.2, 0) is 119 Å². The van der Waals surface area contributed by atoms with E-state index in [2.05, 4.69) is 5.32 Å². The second-order valence-electron chi connectivity index (χ2n) is 23.3. The maximum Gasteiger partial charge on any atom is 0.217 e. The van der Waals surface area contributed by atoms with Gasteiger partial charge in [-0.05, 0) is 51.4 Å². The molecule has 1 amide bonds. The number of aliphatic hydroxyl groups excluding tert-OH is 1. The van der Waals surface area contributed by atoms with Gasteiger partial charge in [0.25, 0.3) is 0 Å². The molecule has 0 spiro atoms. The molecule has 3 aliphatic rings. The average molecular weight is 1250 g/mol. The SMILES string of the molecule is CC(=O)NC1C(OCc2ccccc2)OC(COCc2ccccc2)C(OC2OC(COCc3ccccc3)C(OCc3ccccc3)C(OCc3ccccc3)C2OC2OC(C)C(OCc3ccccc3)C(OCc3ccccc3)C2OCc2ccccc2)C1O. The van der Waals surface area contributed by atoms with Crippen LogP contribution in [0.5, 0.6) is 0 Å². The number of ether oxygens (including phenoxy) is 13. The summed E-state index contributed by atoms with van der Waals surface area (Å²) in [5.41, 5.74) is 7.31. The lowest BCUT2D eigenvalue weighted by Crippen LogP contribution is -2.69. The minimum atomic E-state index is -1.50. The van der Waals surface area contributed by atoms with Crippen LogP contribution in [0, 0.1) is 0 Å². The van der Waals surface area contributed by atoms with Crippen molar-refractivity contribution in [2.45, 2.75) is 159 Å². The number of amides is 1. The zero-order valence-corrected chi connectivity index (χ0v) is 52.0. The molecule has 3 fully saturated rings. The Labute approximate surface area is 539 Å². The number of carbonyl (C=O) groups is 1. The molecule has 15 atom stereocenters. The maximum atomic E-state index is 13.3. The first-order valence-electron chi connectivity index (χ1n) is 31.7. The average Bonchev–Trinajstić information content (AvgIpc) is 0.793. The van der Waals surface area contributed by atoms with E-state index in [9.17, 15) is 9.90 Å². The van der Waals surface area contributed by atoms with Crippen LogP contribution < -0.4 is 5.32 Å². The van der Waals surface area contributed by atoms with Crippen LogP contribution in [0.4, 0.5) is 0 Å². The van der Waals surface area contributed by atoms with Gasteiger partial charge in [0, 0.05) is 6.92 Å². The zero-order chi connectivity index (χ0) is 63.1. The maximum absolute atomic E-state index is 13.3. The summed E-state index contributed by atoms with van der Waals surface area (Å²) in [5, 5.41) is 16.0. The third-order valence-corrected chi connectivity index (χ3v) is 16.4. The molecular weight excluding hydrogens is 1170 g/mol. The molecule has 0 bridgehead atoms. The highest BCUT2D eigenvalue weighted by Gasteiger charge is 2.57. The Morgan fingerprint density at radius 1 is 0.348 bits per heavy atom. The molecule has 3 aliphatic heterocycles. The fourth-order valence-electron chi connectivity index (χ4n) is 11.7. The number of nitrogens with one attached hydrogen (secondary N) is 1. The molecule has 2 N–H and O–H groups in total. The highest BCUT2D eigenvalue weighted by molar-refractivity contribution is 5.73. The Morgan fingerprint density at radius 3 is 1.03 bits per heavy atom. The van der Waals surface area contributed by atoms with Gasteiger partial charge in [0.1, 0.15) is 67.1 Å². The largest absolute Gasteiger partial charge is 0.388 e. The predicted octanol–water partition coefficient (Wildman–Crippen LogP) is 11.4. The van der Waals surface area contributed by atoms with E-state index in [1.807, 2.05) is 250 Å². The normalized spacial score (nSPS) is 26.4.